The summed E-state index contributed by atoms with van der Waals surface area (Å²) in [4.78, 5) is 0. The monoisotopic (exact) mass is 307 g/mol. The molecule has 0 aliphatic rings. The maximum Gasteiger partial charge on any atom is 0.0950 e. The van der Waals surface area contributed by atoms with Gasteiger partial charge in [-0.2, -0.15) is 0 Å². The van der Waals surface area contributed by atoms with Gasteiger partial charge in [-0.15, -0.1) is 0 Å². The molecule has 2 atom stereocenters. The van der Waals surface area contributed by atoms with Gasteiger partial charge in [0.2, 0.25) is 0 Å². The van der Waals surface area contributed by atoms with E-state index in [0.717, 1.165) is 10.9 Å². The van der Waals surface area contributed by atoms with Crippen LogP contribution < -0.4 is 5.32 Å². The van der Waals surface area contributed by atoms with Crippen molar-refractivity contribution in [2.24, 2.45) is 0 Å². The summed E-state index contributed by atoms with van der Waals surface area (Å²) in [5.41, 5.74) is 2.54. The Hall–Kier alpha value is -1.06. The number of halogens is 1. The second-order valence-electron chi connectivity index (χ2n) is 4.68. The lowest BCUT2D eigenvalue weighted by Gasteiger charge is -2.19. The molecule has 0 fully saturated rings. The molecule has 0 radical (unpaired) electrons. The molecule has 1 heterocycles. The van der Waals surface area contributed by atoms with Gasteiger partial charge in [0.05, 0.1) is 12.5 Å². The lowest BCUT2D eigenvalue weighted by molar-refractivity contribution is 0.471. The summed E-state index contributed by atoms with van der Waals surface area (Å²) in [5, 5.41) is 3.57. The Morgan fingerprint density at radius 3 is 2.50 bits per heavy atom. The van der Waals surface area contributed by atoms with E-state index in [0.29, 0.717) is 12.1 Å². The van der Waals surface area contributed by atoms with E-state index >= 15 is 0 Å². The molecule has 0 saturated carbocycles. The summed E-state index contributed by atoms with van der Waals surface area (Å²) in [7, 11) is 0. The van der Waals surface area contributed by atoms with Crippen LogP contribution in [-0.4, -0.2) is 6.04 Å². The van der Waals surface area contributed by atoms with Crippen LogP contribution in [0.4, 0.5) is 0 Å². The van der Waals surface area contributed by atoms with Crippen molar-refractivity contribution in [1.29, 1.82) is 0 Å². The Balaban J connectivity index is 1.88. The van der Waals surface area contributed by atoms with Crippen LogP contribution in [-0.2, 0) is 6.42 Å². The molecular formula is C15H18BrNO. The first-order chi connectivity index (χ1) is 8.65. The van der Waals surface area contributed by atoms with Crippen molar-refractivity contribution in [2.75, 3.05) is 0 Å². The molecule has 0 aliphatic carbocycles. The third kappa shape index (κ3) is 3.72. The summed E-state index contributed by atoms with van der Waals surface area (Å²) in [6, 6.07) is 11.2. The second kappa shape index (κ2) is 6.21. The first-order valence-corrected chi connectivity index (χ1v) is 6.97. The van der Waals surface area contributed by atoms with Gasteiger partial charge in [0.25, 0.3) is 0 Å². The molecule has 0 aliphatic heterocycles. The lowest BCUT2D eigenvalue weighted by Crippen LogP contribution is -2.30. The van der Waals surface area contributed by atoms with E-state index in [1.54, 1.807) is 12.5 Å². The average Bonchev–Trinajstić information content (AvgIpc) is 2.85. The Morgan fingerprint density at radius 1 is 1.17 bits per heavy atom. The molecule has 0 amide bonds. The van der Waals surface area contributed by atoms with E-state index < -0.39 is 0 Å². The summed E-state index contributed by atoms with van der Waals surface area (Å²) < 4.78 is 6.23. The molecule has 2 aromatic rings. The second-order valence-corrected chi connectivity index (χ2v) is 5.59. The zero-order valence-corrected chi connectivity index (χ0v) is 12.3. The maximum absolute atomic E-state index is 5.10. The van der Waals surface area contributed by atoms with E-state index in [9.17, 15) is 0 Å². The van der Waals surface area contributed by atoms with Crippen LogP contribution in [0.15, 0.2) is 51.7 Å². The van der Waals surface area contributed by atoms with Crippen molar-refractivity contribution < 1.29 is 4.42 Å². The van der Waals surface area contributed by atoms with Crippen molar-refractivity contribution in [3.8, 4) is 0 Å². The summed E-state index contributed by atoms with van der Waals surface area (Å²) in [6.07, 6.45) is 4.53. The summed E-state index contributed by atoms with van der Waals surface area (Å²) in [5.74, 6) is 0. The molecule has 1 aromatic heterocycles. The van der Waals surface area contributed by atoms with Gasteiger partial charge in [0.1, 0.15) is 0 Å². The van der Waals surface area contributed by atoms with Crippen LogP contribution in [0.2, 0.25) is 0 Å². The third-order valence-electron chi connectivity index (χ3n) is 3.03. The SMILES string of the molecule is CC(Cc1ccc(Br)cc1)NC(C)c1ccoc1. The molecule has 2 nitrogen and oxygen atoms in total. The van der Waals surface area contributed by atoms with Gasteiger partial charge >= 0.3 is 0 Å². The first kappa shape index (κ1) is 13.4. The summed E-state index contributed by atoms with van der Waals surface area (Å²) >= 11 is 3.45. The minimum Gasteiger partial charge on any atom is -0.472 e. The van der Waals surface area contributed by atoms with Crippen LogP contribution >= 0.6 is 15.9 Å². The van der Waals surface area contributed by atoms with Gasteiger partial charge in [0, 0.05) is 22.1 Å². The highest BCUT2D eigenvalue weighted by atomic mass is 79.9. The van der Waals surface area contributed by atoms with Crippen molar-refractivity contribution in [2.45, 2.75) is 32.4 Å². The van der Waals surface area contributed by atoms with Crippen LogP contribution in [0.5, 0.6) is 0 Å². The predicted octanol–water partition coefficient (Wildman–Crippen LogP) is 4.32. The highest BCUT2D eigenvalue weighted by Gasteiger charge is 2.10. The Bertz CT molecular complexity index is 464. The van der Waals surface area contributed by atoms with Gasteiger partial charge in [-0.1, -0.05) is 28.1 Å². The van der Waals surface area contributed by atoms with E-state index in [-0.39, 0.29) is 0 Å². The van der Waals surface area contributed by atoms with Crippen molar-refractivity contribution in [3.63, 3.8) is 0 Å². The topological polar surface area (TPSA) is 25.2 Å². The lowest BCUT2D eigenvalue weighted by atomic mass is 10.1. The molecule has 96 valence electrons. The fraction of sp³-hybridized carbons (Fsp3) is 0.333. The molecule has 1 N–H and O–H groups in total. The van der Waals surface area contributed by atoms with E-state index in [2.05, 4.69) is 59.4 Å². The van der Waals surface area contributed by atoms with Crippen molar-refractivity contribution >= 4 is 15.9 Å². The molecule has 18 heavy (non-hydrogen) atoms. The minimum absolute atomic E-state index is 0.314. The van der Waals surface area contributed by atoms with Gasteiger partial charge in [-0.25, -0.2) is 0 Å². The summed E-state index contributed by atoms with van der Waals surface area (Å²) in [6.45, 7) is 4.36. The number of benzene rings is 1. The number of rotatable bonds is 5. The molecule has 3 heteroatoms. The van der Waals surface area contributed by atoms with Crippen LogP contribution in [0, 0.1) is 0 Å². The normalized spacial score (nSPS) is 14.4. The first-order valence-electron chi connectivity index (χ1n) is 6.17. The van der Waals surface area contributed by atoms with Crippen LogP contribution in [0.1, 0.15) is 31.0 Å². The number of nitrogens with one attached hydrogen (secondary N) is 1. The fourth-order valence-electron chi connectivity index (χ4n) is 2.08. The highest BCUT2D eigenvalue weighted by molar-refractivity contribution is 9.10. The molecule has 0 saturated heterocycles. The molecule has 1 aromatic carbocycles. The van der Waals surface area contributed by atoms with Gasteiger partial charge < -0.3 is 9.73 Å². The van der Waals surface area contributed by atoms with E-state index in [1.165, 1.54) is 11.1 Å². The maximum atomic E-state index is 5.10. The van der Waals surface area contributed by atoms with Crippen molar-refractivity contribution in [3.05, 3.63) is 58.5 Å². The van der Waals surface area contributed by atoms with Crippen molar-refractivity contribution in [1.82, 2.24) is 5.32 Å². The van der Waals surface area contributed by atoms with Gasteiger partial charge in [-0.3, -0.25) is 0 Å². The molecule has 2 rings (SSSR count). The largest absolute Gasteiger partial charge is 0.472 e. The Labute approximate surface area is 117 Å². The standard InChI is InChI=1S/C15H18BrNO/c1-11(9-13-3-5-15(16)6-4-13)17-12(2)14-7-8-18-10-14/h3-8,10-12,17H,9H2,1-2H3. The molecular weight excluding hydrogens is 290 g/mol. The van der Waals surface area contributed by atoms with Crippen LogP contribution in [0.3, 0.4) is 0 Å². The average molecular weight is 308 g/mol. The van der Waals surface area contributed by atoms with Gasteiger partial charge in [0.15, 0.2) is 0 Å². The van der Waals surface area contributed by atoms with Gasteiger partial charge in [-0.05, 0) is 44.0 Å². The third-order valence-corrected chi connectivity index (χ3v) is 3.56. The molecule has 2 unspecified atom stereocenters. The smallest absolute Gasteiger partial charge is 0.0950 e. The van der Waals surface area contributed by atoms with Crippen LogP contribution in [0.25, 0.3) is 0 Å². The number of hydrogen-bond donors (Lipinski definition) is 1. The van der Waals surface area contributed by atoms with E-state index in [1.807, 2.05) is 6.07 Å². The molecule has 0 spiro atoms. The molecule has 0 bridgehead atoms. The van der Waals surface area contributed by atoms with E-state index in [4.69, 9.17) is 4.42 Å². The number of furan rings is 1. The fourth-order valence-corrected chi connectivity index (χ4v) is 2.34. The predicted molar refractivity (Wildman–Crippen MR) is 77.6 cm³/mol. The zero-order valence-electron chi connectivity index (χ0n) is 10.7. The highest BCUT2D eigenvalue weighted by Crippen LogP contribution is 2.15. The number of hydrogen-bond acceptors (Lipinski definition) is 2. The minimum atomic E-state index is 0.314. The quantitative estimate of drug-likeness (QED) is 0.889. The Morgan fingerprint density at radius 2 is 1.89 bits per heavy atom. The zero-order chi connectivity index (χ0) is 13.0. The Kier molecular flexibility index (Phi) is 4.61.